The molecule has 0 amide bonds. The van der Waals surface area contributed by atoms with Gasteiger partial charge in [-0.25, -0.2) is 0 Å². The van der Waals surface area contributed by atoms with Gasteiger partial charge in [0.15, 0.2) is 23.1 Å². The van der Waals surface area contributed by atoms with Crippen LogP contribution in [0.2, 0.25) is 0 Å². The fourth-order valence-electron chi connectivity index (χ4n) is 7.46. The van der Waals surface area contributed by atoms with E-state index in [0.29, 0.717) is 31.2 Å². The molecule has 0 bridgehead atoms. The van der Waals surface area contributed by atoms with E-state index in [1.54, 1.807) is 13.8 Å². The first-order valence-corrected chi connectivity index (χ1v) is 12.4. The summed E-state index contributed by atoms with van der Waals surface area (Å²) < 4.78 is 0. The Labute approximate surface area is 202 Å². The number of aryl methyl sites for hydroxylation is 1. The van der Waals surface area contributed by atoms with Gasteiger partial charge < -0.3 is 5.11 Å². The van der Waals surface area contributed by atoms with Gasteiger partial charge in [-0.05, 0) is 79.9 Å². The van der Waals surface area contributed by atoms with Crippen LogP contribution in [-0.2, 0) is 27.2 Å². The number of aromatic hydroxyl groups is 1. The molecule has 34 heavy (non-hydrogen) atoms. The van der Waals surface area contributed by atoms with Crippen molar-refractivity contribution in [3.8, 4) is 5.75 Å². The van der Waals surface area contributed by atoms with Gasteiger partial charge in [-0.15, -0.1) is 0 Å². The molecule has 4 atom stereocenters. The lowest BCUT2D eigenvalue weighted by Crippen LogP contribution is -2.65. The number of phenolic OH excluding ortho intramolecular Hbond substituents is 1. The lowest BCUT2D eigenvalue weighted by Gasteiger charge is -2.59. The van der Waals surface area contributed by atoms with Crippen molar-refractivity contribution in [2.24, 2.45) is 22.2 Å². The van der Waals surface area contributed by atoms with Gasteiger partial charge in [-0.3, -0.25) is 19.2 Å². The average Bonchev–Trinajstić information content (AvgIpc) is 2.70. The summed E-state index contributed by atoms with van der Waals surface area (Å²) in [6.45, 7) is 14.8. The first kappa shape index (κ1) is 24.6. The van der Waals surface area contributed by atoms with Crippen LogP contribution in [0.4, 0.5) is 0 Å². The van der Waals surface area contributed by atoms with Crippen LogP contribution in [0.1, 0.15) is 101 Å². The first-order chi connectivity index (χ1) is 15.6. The third-order valence-electron chi connectivity index (χ3n) is 9.18. The molecular formula is C29H36O5. The van der Waals surface area contributed by atoms with Crippen LogP contribution >= 0.6 is 0 Å². The third kappa shape index (κ3) is 2.91. The van der Waals surface area contributed by atoms with Crippen molar-refractivity contribution in [3.63, 3.8) is 0 Å². The van der Waals surface area contributed by atoms with E-state index in [0.717, 1.165) is 16.7 Å². The van der Waals surface area contributed by atoms with Gasteiger partial charge in [0.05, 0.1) is 22.5 Å². The topological polar surface area (TPSA) is 88.5 Å². The molecule has 0 heterocycles. The van der Waals surface area contributed by atoms with Crippen LogP contribution in [0.5, 0.6) is 5.75 Å². The smallest absolute Gasteiger partial charge is 0.180 e. The Morgan fingerprint density at radius 1 is 1.15 bits per heavy atom. The number of allylic oxidation sites excluding steroid dienone is 2. The minimum Gasteiger partial charge on any atom is -0.507 e. The molecule has 1 N–H and O–H groups in total. The van der Waals surface area contributed by atoms with Crippen LogP contribution < -0.4 is 0 Å². The zero-order chi connectivity index (χ0) is 25.5. The Hall–Kier alpha value is -2.56. The number of hydrogen-bond acceptors (Lipinski definition) is 5. The summed E-state index contributed by atoms with van der Waals surface area (Å²) in [7, 11) is 0. The average molecular weight is 465 g/mol. The zero-order valence-corrected chi connectivity index (χ0v) is 21.6. The van der Waals surface area contributed by atoms with E-state index >= 15 is 0 Å². The van der Waals surface area contributed by atoms with E-state index in [2.05, 4.69) is 13.8 Å². The number of ketones is 4. The maximum absolute atomic E-state index is 14.3. The molecule has 3 aliphatic rings. The molecule has 0 radical (unpaired) electrons. The maximum atomic E-state index is 14.3. The Kier molecular flexibility index (Phi) is 5.39. The van der Waals surface area contributed by atoms with Crippen molar-refractivity contribution in [1.29, 1.82) is 0 Å². The normalized spacial score (nSPS) is 33.1. The van der Waals surface area contributed by atoms with Gasteiger partial charge in [0.2, 0.25) is 0 Å². The van der Waals surface area contributed by atoms with E-state index in [4.69, 9.17) is 0 Å². The summed E-state index contributed by atoms with van der Waals surface area (Å²) in [5.41, 5.74) is 0.846. The van der Waals surface area contributed by atoms with Gasteiger partial charge in [-0.1, -0.05) is 46.3 Å². The molecule has 2 unspecified atom stereocenters. The SMILES string of the molecule is CCc1cc(C(C)C)c2c(c1O)C(=O)C1C(=O)[C@]3(C)C(=O)C(C(C)=O)=C(C)C[C@]3(C)CC1(C)C2. The van der Waals surface area contributed by atoms with E-state index in [-0.39, 0.29) is 34.4 Å². The molecule has 0 aliphatic heterocycles. The fourth-order valence-corrected chi connectivity index (χ4v) is 7.46. The molecule has 3 aliphatic carbocycles. The van der Waals surface area contributed by atoms with Crippen LogP contribution in [0.15, 0.2) is 17.2 Å². The number of fused-ring (bicyclic) bond motifs is 3. The Morgan fingerprint density at radius 3 is 2.29 bits per heavy atom. The van der Waals surface area contributed by atoms with Crippen molar-refractivity contribution in [2.75, 3.05) is 0 Å². The minimum atomic E-state index is -1.45. The second kappa shape index (κ2) is 7.47. The van der Waals surface area contributed by atoms with Crippen molar-refractivity contribution >= 4 is 23.1 Å². The van der Waals surface area contributed by atoms with Crippen LogP contribution in [0.25, 0.3) is 0 Å². The quantitative estimate of drug-likeness (QED) is 0.484. The van der Waals surface area contributed by atoms with Crippen LogP contribution in [0, 0.1) is 22.2 Å². The lowest BCUT2D eigenvalue weighted by molar-refractivity contribution is -0.163. The summed E-state index contributed by atoms with van der Waals surface area (Å²) in [5.74, 6) is -2.46. The molecule has 5 heteroatoms. The fraction of sp³-hybridized carbons (Fsp3) is 0.586. The number of phenols is 1. The van der Waals surface area contributed by atoms with Crippen molar-refractivity contribution in [2.45, 2.75) is 87.0 Å². The molecule has 0 saturated heterocycles. The Bertz CT molecular complexity index is 1200. The van der Waals surface area contributed by atoms with E-state index in [1.807, 2.05) is 26.8 Å². The third-order valence-corrected chi connectivity index (χ3v) is 9.18. The molecule has 1 saturated carbocycles. The van der Waals surface area contributed by atoms with Gasteiger partial charge in [0.25, 0.3) is 0 Å². The van der Waals surface area contributed by atoms with Crippen molar-refractivity contribution in [3.05, 3.63) is 39.5 Å². The monoisotopic (exact) mass is 464 g/mol. The van der Waals surface area contributed by atoms with E-state index < -0.39 is 33.7 Å². The predicted octanol–water partition coefficient (Wildman–Crippen LogP) is 5.30. The Morgan fingerprint density at radius 2 is 1.76 bits per heavy atom. The summed E-state index contributed by atoms with van der Waals surface area (Å²) in [6.07, 6.45) is 2.05. The summed E-state index contributed by atoms with van der Waals surface area (Å²) >= 11 is 0. The highest BCUT2D eigenvalue weighted by molar-refractivity contribution is 6.31. The highest BCUT2D eigenvalue weighted by Gasteiger charge is 2.69. The number of benzene rings is 1. The standard InChI is InChI=1S/C29H36O5/c1-9-17-10-18(14(2)3)19-12-27(6)13-28(7)11-15(4)20(16(5)30)25(33)29(28,8)26(34)22(27)24(32)21(19)23(17)31/h10,14,22,31H,9,11-13H2,1-8H3/t22?,27?,28-,29+/m1/s1. The molecule has 1 aromatic rings. The predicted molar refractivity (Wildman–Crippen MR) is 130 cm³/mol. The van der Waals surface area contributed by atoms with Gasteiger partial charge >= 0.3 is 0 Å². The first-order valence-electron chi connectivity index (χ1n) is 12.4. The molecule has 1 fully saturated rings. The van der Waals surface area contributed by atoms with E-state index in [9.17, 15) is 24.3 Å². The zero-order valence-electron chi connectivity index (χ0n) is 21.6. The molecule has 5 nitrogen and oxygen atoms in total. The molecule has 0 spiro atoms. The van der Waals surface area contributed by atoms with Crippen LogP contribution in [-0.4, -0.2) is 28.2 Å². The lowest BCUT2D eigenvalue weighted by atomic mass is 9.40. The maximum Gasteiger partial charge on any atom is 0.180 e. The van der Waals surface area contributed by atoms with Crippen LogP contribution in [0.3, 0.4) is 0 Å². The number of rotatable bonds is 3. The highest BCUT2D eigenvalue weighted by atomic mass is 16.3. The largest absolute Gasteiger partial charge is 0.507 e. The summed E-state index contributed by atoms with van der Waals surface area (Å²) in [4.78, 5) is 54.4. The van der Waals surface area contributed by atoms with Gasteiger partial charge in [-0.2, -0.15) is 0 Å². The molecule has 182 valence electrons. The summed E-state index contributed by atoms with van der Waals surface area (Å²) in [6, 6.07) is 2.00. The van der Waals surface area contributed by atoms with Gasteiger partial charge in [0, 0.05) is 0 Å². The van der Waals surface area contributed by atoms with Crippen molar-refractivity contribution < 1.29 is 24.3 Å². The second-order valence-corrected chi connectivity index (χ2v) is 11.9. The minimum absolute atomic E-state index is 0.0321. The molecule has 4 rings (SSSR count). The molecular weight excluding hydrogens is 428 g/mol. The Balaban J connectivity index is 1.97. The number of Topliss-reactive ketones (excluding diaryl/α,β-unsaturated/α-hetero) is 4. The molecule has 1 aromatic carbocycles. The second-order valence-electron chi connectivity index (χ2n) is 11.9. The highest BCUT2D eigenvalue weighted by Crippen LogP contribution is 2.65. The summed E-state index contributed by atoms with van der Waals surface area (Å²) in [5, 5.41) is 11.1. The number of carbonyl (C=O) groups excluding carboxylic acids is 4. The molecule has 0 aromatic heterocycles. The van der Waals surface area contributed by atoms with Gasteiger partial charge in [0.1, 0.15) is 5.75 Å². The number of carbonyl (C=O) groups is 4. The number of hydrogen-bond donors (Lipinski definition) is 1. The van der Waals surface area contributed by atoms with E-state index in [1.165, 1.54) is 6.92 Å². The van der Waals surface area contributed by atoms with Crippen molar-refractivity contribution in [1.82, 2.24) is 0 Å².